The van der Waals surface area contributed by atoms with E-state index in [4.69, 9.17) is 0 Å². The number of ketones is 1. The molecule has 2 aliphatic carbocycles. The molecular weight excluding hydrogens is 143 g/mol. The Morgan fingerprint density at radius 2 is 2.09 bits per heavy atom. The summed E-state index contributed by atoms with van der Waals surface area (Å²) < 4.78 is 12.9. The third-order valence-electron chi connectivity index (χ3n) is 4.32. The summed E-state index contributed by atoms with van der Waals surface area (Å²) in [5.74, 6) is 0.224. The maximum absolute atomic E-state index is 12.9. The normalized spacial score (nSPS) is 61.3. The fourth-order valence-corrected chi connectivity index (χ4v) is 2.82. The largest absolute Gasteiger partial charge is 0.296 e. The lowest BCUT2D eigenvalue weighted by Gasteiger charge is -2.05. The van der Waals surface area contributed by atoms with Crippen LogP contribution in [-0.4, -0.2) is 12.0 Å². The highest BCUT2D eigenvalue weighted by Gasteiger charge is 2.77. The lowest BCUT2D eigenvalue weighted by atomic mass is 10.0. The second-order valence-electron chi connectivity index (χ2n) is 4.38. The molecule has 4 atom stereocenters. The summed E-state index contributed by atoms with van der Waals surface area (Å²) in [5, 5.41) is 0. The predicted octanol–water partition coefficient (Wildman–Crippen LogP) is 1.96. The third kappa shape index (κ3) is 0.491. The summed E-state index contributed by atoms with van der Waals surface area (Å²) in [5.41, 5.74) is -0.351. The van der Waals surface area contributed by atoms with Crippen molar-refractivity contribution in [2.75, 3.05) is 0 Å². The van der Waals surface area contributed by atoms with Crippen molar-refractivity contribution in [1.29, 1.82) is 0 Å². The molecule has 0 radical (unpaired) electrons. The van der Waals surface area contributed by atoms with Crippen molar-refractivity contribution in [3.05, 3.63) is 0 Å². The fourth-order valence-electron chi connectivity index (χ4n) is 2.82. The summed E-state index contributed by atoms with van der Waals surface area (Å²) in [6.45, 7) is 5.97. The number of carbonyl (C=O) groups is 1. The lowest BCUT2D eigenvalue weighted by molar-refractivity contribution is -0.127. The van der Waals surface area contributed by atoms with Gasteiger partial charge in [0.05, 0.1) is 0 Å². The number of Topliss-reactive ketones (excluding diaryl/α,β-unsaturated/α-hetero) is 1. The molecule has 0 spiro atoms. The first-order valence-corrected chi connectivity index (χ1v) is 4.13. The van der Waals surface area contributed by atoms with Gasteiger partial charge in [0, 0.05) is 5.41 Å². The van der Waals surface area contributed by atoms with Crippen molar-refractivity contribution >= 4 is 5.78 Å². The van der Waals surface area contributed by atoms with E-state index in [1.165, 1.54) is 0 Å². The topological polar surface area (TPSA) is 17.1 Å². The Kier molecular flexibility index (Phi) is 1.00. The van der Waals surface area contributed by atoms with Gasteiger partial charge < -0.3 is 0 Å². The van der Waals surface area contributed by atoms with E-state index in [1.807, 2.05) is 20.8 Å². The van der Waals surface area contributed by atoms with Gasteiger partial charge in [0.2, 0.25) is 0 Å². The van der Waals surface area contributed by atoms with E-state index in [9.17, 15) is 9.18 Å². The SMILES string of the molecule is C[C@@H]1[C@]2(C)CC(F)C(=O)[C@]12C. The monoisotopic (exact) mass is 156 g/mol. The van der Waals surface area contributed by atoms with Crippen LogP contribution in [-0.2, 0) is 4.79 Å². The maximum Gasteiger partial charge on any atom is 0.173 e. The molecule has 0 bridgehead atoms. The molecule has 0 aliphatic heterocycles. The van der Waals surface area contributed by atoms with E-state index in [0.29, 0.717) is 12.3 Å². The van der Waals surface area contributed by atoms with E-state index < -0.39 is 6.17 Å². The van der Waals surface area contributed by atoms with E-state index >= 15 is 0 Å². The lowest BCUT2D eigenvalue weighted by Crippen LogP contribution is -2.20. The summed E-state index contributed by atoms with van der Waals surface area (Å²) >= 11 is 0. The van der Waals surface area contributed by atoms with Gasteiger partial charge >= 0.3 is 0 Å². The number of halogens is 1. The van der Waals surface area contributed by atoms with Crippen LogP contribution in [0.2, 0.25) is 0 Å². The van der Waals surface area contributed by atoms with Crippen LogP contribution in [0.1, 0.15) is 27.2 Å². The molecule has 0 aromatic carbocycles. The van der Waals surface area contributed by atoms with Crippen molar-refractivity contribution in [3.8, 4) is 0 Å². The smallest absolute Gasteiger partial charge is 0.173 e. The molecule has 2 saturated carbocycles. The summed E-state index contributed by atoms with van der Waals surface area (Å²) in [7, 11) is 0. The molecule has 62 valence electrons. The minimum atomic E-state index is -1.18. The van der Waals surface area contributed by atoms with Crippen LogP contribution in [0, 0.1) is 16.7 Å². The Morgan fingerprint density at radius 1 is 1.55 bits per heavy atom. The number of rotatable bonds is 0. The summed E-state index contributed by atoms with van der Waals surface area (Å²) in [6, 6.07) is 0. The molecule has 1 nitrogen and oxygen atoms in total. The molecular formula is C9H13FO. The average molecular weight is 156 g/mol. The highest BCUT2D eigenvalue weighted by molar-refractivity contribution is 5.96. The standard InChI is InChI=1S/C9H13FO/c1-5-8(2)4-6(10)7(11)9(5,8)3/h5-6H,4H2,1-3H3/t5-,6?,8+,9+/m1/s1. The van der Waals surface area contributed by atoms with E-state index in [0.717, 1.165) is 0 Å². The van der Waals surface area contributed by atoms with Gasteiger partial charge in [-0.2, -0.15) is 0 Å². The quantitative estimate of drug-likeness (QED) is 0.524. The zero-order chi connectivity index (χ0) is 8.44. The average Bonchev–Trinajstić information content (AvgIpc) is 2.26. The zero-order valence-electron chi connectivity index (χ0n) is 7.15. The van der Waals surface area contributed by atoms with Gasteiger partial charge in [0.25, 0.3) is 0 Å². The predicted molar refractivity (Wildman–Crippen MR) is 39.9 cm³/mol. The van der Waals surface area contributed by atoms with Crippen molar-refractivity contribution < 1.29 is 9.18 Å². The second-order valence-corrected chi connectivity index (χ2v) is 4.38. The molecule has 11 heavy (non-hydrogen) atoms. The molecule has 0 heterocycles. The Labute approximate surface area is 66.0 Å². The zero-order valence-corrected chi connectivity index (χ0v) is 7.15. The van der Waals surface area contributed by atoms with Crippen molar-refractivity contribution in [2.45, 2.75) is 33.4 Å². The first-order chi connectivity index (χ1) is 4.94. The summed E-state index contributed by atoms with van der Waals surface area (Å²) in [4.78, 5) is 11.3. The Hall–Kier alpha value is -0.400. The van der Waals surface area contributed by atoms with Crippen molar-refractivity contribution in [2.24, 2.45) is 16.7 Å². The van der Waals surface area contributed by atoms with Gasteiger partial charge in [-0.05, 0) is 17.8 Å². The number of hydrogen-bond acceptors (Lipinski definition) is 1. The minimum absolute atomic E-state index is 0.0243. The van der Waals surface area contributed by atoms with Gasteiger partial charge in [0.1, 0.15) is 0 Å². The molecule has 0 saturated heterocycles. The van der Waals surface area contributed by atoms with Crippen LogP contribution in [0.4, 0.5) is 4.39 Å². The highest BCUT2D eigenvalue weighted by atomic mass is 19.1. The molecule has 2 aliphatic rings. The molecule has 0 amide bonds. The van der Waals surface area contributed by atoms with Crippen LogP contribution in [0.5, 0.6) is 0 Å². The van der Waals surface area contributed by atoms with Gasteiger partial charge in [-0.15, -0.1) is 0 Å². The molecule has 0 aromatic heterocycles. The van der Waals surface area contributed by atoms with E-state index in [1.54, 1.807) is 0 Å². The van der Waals surface area contributed by atoms with Gasteiger partial charge in [-0.1, -0.05) is 20.8 Å². The number of fused-ring (bicyclic) bond motifs is 1. The van der Waals surface area contributed by atoms with Crippen molar-refractivity contribution in [3.63, 3.8) is 0 Å². The van der Waals surface area contributed by atoms with Crippen molar-refractivity contribution in [1.82, 2.24) is 0 Å². The maximum atomic E-state index is 12.9. The molecule has 2 heteroatoms. The fraction of sp³-hybridized carbons (Fsp3) is 0.889. The second kappa shape index (κ2) is 1.52. The highest BCUT2D eigenvalue weighted by Crippen LogP contribution is 2.75. The van der Waals surface area contributed by atoms with Gasteiger partial charge in [-0.3, -0.25) is 4.79 Å². The molecule has 0 aromatic rings. The van der Waals surface area contributed by atoms with Crippen LogP contribution < -0.4 is 0 Å². The molecule has 1 unspecified atom stereocenters. The molecule has 0 N–H and O–H groups in total. The van der Waals surface area contributed by atoms with Gasteiger partial charge in [-0.25, -0.2) is 4.39 Å². The third-order valence-corrected chi connectivity index (χ3v) is 4.32. The number of carbonyl (C=O) groups excluding carboxylic acids is 1. The van der Waals surface area contributed by atoms with Crippen LogP contribution in [0.3, 0.4) is 0 Å². The summed E-state index contributed by atoms with van der Waals surface area (Å²) in [6.07, 6.45) is -0.732. The molecule has 2 rings (SSSR count). The molecule has 2 fully saturated rings. The van der Waals surface area contributed by atoms with Crippen LogP contribution in [0.25, 0.3) is 0 Å². The Morgan fingerprint density at radius 3 is 2.36 bits per heavy atom. The minimum Gasteiger partial charge on any atom is -0.296 e. The first kappa shape index (κ1) is 7.26. The Balaban J connectivity index is 2.39. The van der Waals surface area contributed by atoms with E-state index in [-0.39, 0.29) is 16.6 Å². The number of alkyl halides is 1. The van der Waals surface area contributed by atoms with Crippen LogP contribution in [0.15, 0.2) is 0 Å². The number of hydrogen-bond donors (Lipinski definition) is 0. The Bertz CT molecular complexity index is 238. The van der Waals surface area contributed by atoms with E-state index in [2.05, 4.69) is 0 Å². The van der Waals surface area contributed by atoms with Gasteiger partial charge in [0.15, 0.2) is 12.0 Å². The first-order valence-electron chi connectivity index (χ1n) is 4.13. The van der Waals surface area contributed by atoms with Crippen LogP contribution >= 0.6 is 0 Å².